The number of aliphatic hydroxyl groups excluding tert-OH is 1. The van der Waals surface area contributed by atoms with Gasteiger partial charge in [-0.2, -0.15) is 0 Å². The van der Waals surface area contributed by atoms with Crippen LogP contribution in [-0.2, 0) is 16.0 Å². The predicted molar refractivity (Wildman–Crippen MR) is 58.2 cm³/mol. The normalized spacial score (nSPS) is 9.88. The molecule has 0 radical (unpaired) electrons. The highest BCUT2D eigenvalue weighted by atomic mass is 16.5. The maximum absolute atomic E-state index is 11.2. The molecule has 0 amide bonds. The fraction of sp³-hybridized carbons (Fsp3) is 0.333. The van der Waals surface area contributed by atoms with Gasteiger partial charge >= 0.3 is 5.97 Å². The zero-order valence-electron chi connectivity index (χ0n) is 9.10. The first kappa shape index (κ1) is 12.4. The SMILES string of the molecule is CC(=O)Oc1ccc(CC(=O)CCO)cc1. The van der Waals surface area contributed by atoms with Gasteiger partial charge in [-0.15, -0.1) is 0 Å². The van der Waals surface area contributed by atoms with Crippen molar-refractivity contribution in [3.05, 3.63) is 29.8 Å². The van der Waals surface area contributed by atoms with Gasteiger partial charge in [0.05, 0.1) is 0 Å². The Morgan fingerprint density at radius 1 is 1.25 bits per heavy atom. The average Bonchev–Trinajstić information content (AvgIpc) is 2.20. The molecule has 86 valence electrons. The molecule has 1 aromatic carbocycles. The molecule has 0 aliphatic heterocycles. The van der Waals surface area contributed by atoms with Gasteiger partial charge in [-0.3, -0.25) is 9.59 Å². The molecule has 4 nitrogen and oxygen atoms in total. The van der Waals surface area contributed by atoms with Crippen LogP contribution < -0.4 is 4.74 Å². The van der Waals surface area contributed by atoms with E-state index in [4.69, 9.17) is 9.84 Å². The number of aliphatic hydroxyl groups is 1. The lowest BCUT2D eigenvalue weighted by molar-refractivity contribution is -0.131. The number of Topliss-reactive ketones (excluding diaryl/α,β-unsaturated/α-hetero) is 1. The molecule has 0 saturated heterocycles. The summed E-state index contributed by atoms with van der Waals surface area (Å²) in [5.41, 5.74) is 0.842. The second-order valence-electron chi connectivity index (χ2n) is 3.43. The lowest BCUT2D eigenvalue weighted by atomic mass is 10.1. The molecule has 1 aromatic rings. The molecule has 0 aliphatic carbocycles. The van der Waals surface area contributed by atoms with Gasteiger partial charge in [0.25, 0.3) is 0 Å². The van der Waals surface area contributed by atoms with E-state index in [1.54, 1.807) is 24.3 Å². The zero-order valence-corrected chi connectivity index (χ0v) is 9.10. The van der Waals surface area contributed by atoms with Crippen molar-refractivity contribution in [3.63, 3.8) is 0 Å². The molecule has 0 aromatic heterocycles. The summed E-state index contributed by atoms with van der Waals surface area (Å²) >= 11 is 0. The third-order valence-electron chi connectivity index (χ3n) is 1.98. The highest BCUT2D eigenvalue weighted by Gasteiger charge is 2.03. The summed E-state index contributed by atoms with van der Waals surface area (Å²) in [4.78, 5) is 21.9. The van der Waals surface area contributed by atoms with Crippen LogP contribution in [0, 0.1) is 0 Å². The van der Waals surface area contributed by atoms with Gasteiger partial charge < -0.3 is 9.84 Å². The fourth-order valence-corrected chi connectivity index (χ4v) is 1.28. The maximum Gasteiger partial charge on any atom is 0.308 e. The molecule has 0 saturated carbocycles. The van der Waals surface area contributed by atoms with Crippen molar-refractivity contribution < 1.29 is 19.4 Å². The lowest BCUT2D eigenvalue weighted by Gasteiger charge is -2.03. The Bertz CT molecular complexity index is 367. The van der Waals surface area contributed by atoms with Gasteiger partial charge in [0.2, 0.25) is 0 Å². The quantitative estimate of drug-likeness (QED) is 0.598. The molecule has 0 aliphatic rings. The molecule has 0 heterocycles. The number of carbonyl (C=O) groups excluding carboxylic acids is 2. The minimum Gasteiger partial charge on any atom is -0.427 e. The van der Waals surface area contributed by atoms with Crippen molar-refractivity contribution in [1.82, 2.24) is 0 Å². The summed E-state index contributed by atoms with van der Waals surface area (Å²) in [6.07, 6.45) is 0.465. The van der Waals surface area contributed by atoms with Crippen LogP contribution in [0.25, 0.3) is 0 Å². The minimum absolute atomic E-state index is 0.0114. The highest BCUT2D eigenvalue weighted by Crippen LogP contribution is 2.13. The average molecular weight is 222 g/mol. The number of hydrogen-bond acceptors (Lipinski definition) is 4. The fourth-order valence-electron chi connectivity index (χ4n) is 1.28. The molecular formula is C12H14O4. The van der Waals surface area contributed by atoms with Gasteiger partial charge in [-0.25, -0.2) is 0 Å². The standard InChI is InChI=1S/C12H14O4/c1-9(14)16-12-4-2-10(3-5-12)8-11(15)6-7-13/h2-5,13H,6-8H2,1H3. The predicted octanol–water partition coefficient (Wildman–Crippen LogP) is 1.11. The van der Waals surface area contributed by atoms with Crippen LogP contribution in [0.3, 0.4) is 0 Å². The van der Waals surface area contributed by atoms with Crippen molar-refractivity contribution in [2.45, 2.75) is 19.8 Å². The summed E-state index contributed by atoms with van der Waals surface area (Å²) in [6.45, 7) is 1.21. The number of rotatable bonds is 5. The van der Waals surface area contributed by atoms with Crippen LogP contribution >= 0.6 is 0 Å². The number of benzene rings is 1. The molecule has 0 bridgehead atoms. The van der Waals surface area contributed by atoms with Crippen molar-refractivity contribution in [1.29, 1.82) is 0 Å². The van der Waals surface area contributed by atoms with E-state index in [9.17, 15) is 9.59 Å². The van der Waals surface area contributed by atoms with Gasteiger partial charge in [0, 0.05) is 26.4 Å². The summed E-state index contributed by atoms with van der Waals surface area (Å²) < 4.78 is 4.86. The monoisotopic (exact) mass is 222 g/mol. The first-order valence-corrected chi connectivity index (χ1v) is 5.01. The van der Waals surface area contributed by atoms with Gasteiger partial charge in [-0.05, 0) is 17.7 Å². The second kappa shape index (κ2) is 6.02. The van der Waals surface area contributed by atoms with E-state index in [1.165, 1.54) is 6.92 Å². The first-order valence-electron chi connectivity index (χ1n) is 5.01. The van der Waals surface area contributed by atoms with Gasteiger partial charge in [-0.1, -0.05) is 12.1 Å². The third kappa shape index (κ3) is 4.23. The molecule has 0 spiro atoms. The Hall–Kier alpha value is -1.68. The van der Waals surface area contributed by atoms with Crippen LogP contribution in [0.4, 0.5) is 0 Å². The smallest absolute Gasteiger partial charge is 0.308 e. The Labute approximate surface area is 93.9 Å². The summed E-state index contributed by atoms with van der Waals surface area (Å²) in [7, 11) is 0. The van der Waals surface area contributed by atoms with E-state index < -0.39 is 0 Å². The van der Waals surface area contributed by atoms with Crippen LogP contribution in [0.1, 0.15) is 18.9 Å². The summed E-state index contributed by atoms with van der Waals surface area (Å²) in [5.74, 6) is 0.0812. The minimum atomic E-state index is -0.371. The molecule has 0 atom stereocenters. The van der Waals surface area contributed by atoms with E-state index >= 15 is 0 Å². The molecule has 0 fully saturated rings. The number of ketones is 1. The molecule has 0 unspecified atom stereocenters. The molecule has 16 heavy (non-hydrogen) atoms. The van der Waals surface area contributed by atoms with Crippen molar-refractivity contribution in [3.8, 4) is 5.75 Å². The first-order chi connectivity index (χ1) is 7.61. The van der Waals surface area contributed by atoms with E-state index in [1.807, 2.05) is 0 Å². The molecule has 1 rings (SSSR count). The Morgan fingerprint density at radius 2 is 1.88 bits per heavy atom. The van der Waals surface area contributed by atoms with E-state index in [0.29, 0.717) is 12.2 Å². The Balaban J connectivity index is 2.57. The van der Waals surface area contributed by atoms with Crippen LogP contribution in [0.5, 0.6) is 5.75 Å². The number of ether oxygens (including phenoxy) is 1. The topological polar surface area (TPSA) is 63.6 Å². The third-order valence-corrected chi connectivity index (χ3v) is 1.98. The van der Waals surface area contributed by atoms with Crippen molar-refractivity contribution >= 4 is 11.8 Å². The zero-order chi connectivity index (χ0) is 12.0. The van der Waals surface area contributed by atoms with Crippen LogP contribution in [-0.4, -0.2) is 23.5 Å². The van der Waals surface area contributed by atoms with E-state index in [0.717, 1.165) is 5.56 Å². The summed E-state index contributed by atoms with van der Waals surface area (Å²) in [6, 6.07) is 6.74. The largest absolute Gasteiger partial charge is 0.427 e. The lowest BCUT2D eigenvalue weighted by Crippen LogP contribution is -2.05. The molecular weight excluding hydrogens is 208 g/mol. The Morgan fingerprint density at radius 3 is 2.38 bits per heavy atom. The van der Waals surface area contributed by atoms with Gasteiger partial charge in [0.1, 0.15) is 11.5 Å². The van der Waals surface area contributed by atoms with Crippen LogP contribution in [0.15, 0.2) is 24.3 Å². The van der Waals surface area contributed by atoms with Crippen LogP contribution in [0.2, 0.25) is 0 Å². The molecule has 4 heteroatoms. The van der Waals surface area contributed by atoms with E-state index in [-0.39, 0.29) is 24.8 Å². The summed E-state index contributed by atoms with van der Waals surface area (Å²) in [5, 5.41) is 8.58. The number of esters is 1. The number of carbonyl (C=O) groups is 2. The second-order valence-corrected chi connectivity index (χ2v) is 3.43. The molecule has 1 N–H and O–H groups in total. The Kier molecular flexibility index (Phi) is 4.66. The van der Waals surface area contributed by atoms with Gasteiger partial charge in [0.15, 0.2) is 0 Å². The van der Waals surface area contributed by atoms with Crippen molar-refractivity contribution in [2.75, 3.05) is 6.61 Å². The maximum atomic E-state index is 11.2. The van der Waals surface area contributed by atoms with Crippen molar-refractivity contribution in [2.24, 2.45) is 0 Å². The number of hydrogen-bond donors (Lipinski definition) is 1. The van der Waals surface area contributed by atoms with E-state index in [2.05, 4.69) is 0 Å². The highest BCUT2D eigenvalue weighted by molar-refractivity contribution is 5.81.